The molecule has 0 unspecified atom stereocenters. The molecule has 0 saturated heterocycles. The third kappa shape index (κ3) is 49.5. The summed E-state index contributed by atoms with van der Waals surface area (Å²) in [7, 11) is -1.58. The minimum atomic E-state index is -0.264. The molecule has 0 bridgehead atoms. The summed E-state index contributed by atoms with van der Waals surface area (Å²) in [6, 6.07) is 0. The van der Waals surface area contributed by atoms with Crippen LogP contribution in [0.1, 0.15) is 0 Å². The van der Waals surface area contributed by atoms with E-state index in [1.165, 1.54) is 0 Å². The van der Waals surface area contributed by atoms with E-state index in [-0.39, 0.29) is 79.6 Å². The summed E-state index contributed by atoms with van der Waals surface area (Å²) in [5.74, 6) is 0. The molecule has 0 aliphatic rings. The second-order valence-electron chi connectivity index (χ2n) is 6.02. The smallest absolute Gasteiger partial charge is 0.673 e. The van der Waals surface area contributed by atoms with Crippen LogP contribution in [0.25, 0.3) is 13.9 Å². The Hall–Kier alpha value is 2.05. The second-order valence-corrected chi connectivity index (χ2v) is 20.1. The first kappa shape index (κ1) is 31.8. The van der Waals surface area contributed by atoms with Crippen LogP contribution < -0.4 is 0 Å². The van der Waals surface area contributed by atoms with Gasteiger partial charge in [-0.1, -0.05) is 132 Å². The van der Waals surface area contributed by atoms with E-state index in [9.17, 15) is 0 Å². The molecule has 0 aromatic carbocycles. The van der Waals surface area contributed by atoms with Crippen molar-refractivity contribution in [1.82, 2.24) is 0 Å². The van der Waals surface area contributed by atoms with Crippen LogP contribution in [0.3, 0.4) is 0 Å². The largest absolute Gasteiger partial charge is 3.00 e. The van der Waals surface area contributed by atoms with Gasteiger partial charge in [-0.05, 0) is 0 Å². The summed E-state index contributed by atoms with van der Waals surface area (Å²) >= 11 is 0. The Kier molecular flexibility index (Phi) is 30.5. The fraction of sp³-hybridized carbons (Fsp3) is 1.00. The second kappa shape index (κ2) is 21.1. The van der Waals surface area contributed by atoms with Crippen molar-refractivity contribution < 1.29 is 25.8 Å². The fourth-order valence-electron chi connectivity index (χ4n) is 1.34. The van der Waals surface area contributed by atoms with Crippen LogP contribution in [0.15, 0.2) is 0 Å². The summed E-state index contributed by atoms with van der Waals surface area (Å²) in [5.41, 5.74) is 0. The zero-order chi connectivity index (χ0) is 17.6. The van der Waals surface area contributed by atoms with Gasteiger partial charge in [0.2, 0.25) is 0 Å². The third-order valence-electron chi connectivity index (χ3n) is 1.34. The maximum absolute atomic E-state index is 4.48. The van der Waals surface area contributed by atoms with Gasteiger partial charge in [-0.25, -0.2) is 0 Å². The van der Waals surface area contributed by atoms with E-state index in [1.54, 1.807) is 0 Å². The molecular weight excluding hydrogens is 400 g/mol. The normalized spacial score (nSPS) is 10.6. The van der Waals surface area contributed by atoms with Gasteiger partial charge in [0.1, 0.15) is 0 Å². The molecular formula is C12H36N3ScSi6. The number of hydrogen-bond acceptors (Lipinski definition) is 0. The van der Waals surface area contributed by atoms with Gasteiger partial charge in [0.15, 0.2) is 0 Å². The maximum Gasteiger partial charge on any atom is 3.00 e. The Labute approximate surface area is 171 Å². The van der Waals surface area contributed by atoms with Gasteiger partial charge in [-0.3, -0.25) is 0 Å². The standard InChI is InChI=1S/3C4H12NSi2.Sc/c3*1-6(2)5-7(3)4;/h3*1-4H3;/q3*-1;+3. The van der Waals surface area contributed by atoms with Gasteiger partial charge in [-0.15, -0.1) is 0 Å². The minimum Gasteiger partial charge on any atom is -0.673 e. The maximum atomic E-state index is 4.48. The predicted octanol–water partition coefficient (Wildman–Crippen LogP) is 5.58. The van der Waals surface area contributed by atoms with Crippen molar-refractivity contribution >= 4 is 53.7 Å². The molecule has 0 amide bonds. The van der Waals surface area contributed by atoms with E-state index in [1.807, 2.05) is 0 Å². The van der Waals surface area contributed by atoms with Crippen molar-refractivity contribution in [2.75, 3.05) is 0 Å². The molecule has 0 saturated carbocycles. The number of rotatable bonds is 6. The summed E-state index contributed by atoms with van der Waals surface area (Å²) in [4.78, 5) is 0. The van der Waals surface area contributed by atoms with Gasteiger partial charge in [0, 0.05) is 0 Å². The van der Waals surface area contributed by atoms with Crippen LogP contribution in [-0.4, -0.2) is 53.7 Å². The van der Waals surface area contributed by atoms with Crippen LogP contribution in [0.4, 0.5) is 0 Å². The molecule has 0 atom stereocenters. The van der Waals surface area contributed by atoms with E-state index in [2.05, 4.69) is 92.5 Å². The van der Waals surface area contributed by atoms with Crippen LogP contribution in [0, 0.1) is 0 Å². The molecule has 10 heteroatoms. The van der Waals surface area contributed by atoms with E-state index in [4.69, 9.17) is 0 Å². The van der Waals surface area contributed by atoms with Crippen LogP contribution >= 0.6 is 0 Å². The molecule has 0 N–H and O–H groups in total. The summed E-state index contributed by atoms with van der Waals surface area (Å²) in [5, 5.41) is 0. The van der Waals surface area contributed by atoms with Crippen molar-refractivity contribution in [1.29, 1.82) is 0 Å². The third-order valence-corrected chi connectivity index (χ3v) is 12.1. The summed E-state index contributed by atoms with van der Waals surface area (Å²) < 4.78 is 13.4. The average molecular weight is 436 g/mol. The number of hydrogen-bond donors (Lipinski definition) is 0. The van der Waals surface area contributed by atoms with Crippen molar-refractivity contribution in [3.8, 4) is 0 Å². The van der Waals surface area contributed by atoms with Gasteiger partial charge < -0.3 is 13.9 Å². The number of nitrogens with zero attached hydrogens (tertiary/aromatic N) is 3. The van der Waals surface area contributed by atoms with E-state index < -0.39 is 0 Å². The van der Waals surface area contributed by atoms with Gasteiger partial charge >= 0.3 is 25.8 Å². The van der Waals surface area contributed by atoms with Crippen molar-refractivity contribution in [2.45, 2.75) is 78.6 Å². The molecule has 0 heterocycles. The molecule has 0 fully saturated rings. The zero-order valence-electron chi connectivity index (χ0n) is 16.9. The molecule has 22 heavy (non-hydrogen) atoms. The minimum absolute atomic E-state index is 0. The van der Waals surface area contributed by atoms with E-state index >= 15 is 0 Å². The molecule has 0 aromatic rings. The fourth-order valence-corrected chi connectivity index (χ4v) is 12.1. The Bertz CT molecular complexity index is 156. The molecule has 0 aromatic heterocycles. The van der Waals surface area contributed by atoms with Crippen molar-refractivity contribution in [3.63, 3.8) is 0 Å². The SMILES string of the molecule is C[Si](C)[N-][Si](C)C.C[Si](C)[N-][Si](C)C.C[Si](C)[N-][Si](C)C.[Sc+3]. The summed E-state index contributed by atoms with van der Waals surface area (Å²) in [6.07, 6.45) is 0. The molecule has 0 rings (SSSR count). The van der Waals surface area contributed by atoms with E-state index in [0.717, 1.165) is 0 Å². The predicted molar refractivity (Wildman–Crippen MR) is 115 cm³/mol. The Balaban J connectivity index is -0.000000108. The molecule has 3 nitrogen and oxygen atoms in total. The zero-order valence-corrected chi connectivity index (χ0v) is 24.7. The molecule has 0 aliphatic carbocycles. The van der Waals surface area contributed by atoms with Crippen LogP contribution in [0.2, 0.25) is 78.6 Å². The van der Waals surface area contributed by atoms with Crippen molar-refractivity contribution in [2.24, 2.45) is 0 Å². The summed E-state index contributed by atoms with van der Waals surface area (Å²) in [6.45, 7) is 26.7. The quantitative estimate of drug-likeness (QED) is 0.488. The Morgan fingerprint density at radius 3 is 0.409 bits per heavy atom. The van der Waals surface area contributed by atoms with Gasteiger partial charge in [0.05, 0.1) is 0 Å². The Morgan fingerprint density at radius 2 is 0.409 bits per heavy atom. The molecule has 0 aliphatic heterocycles. The molecule has 0 spiro atoms. The molecule has 126 valence electrons. The van der Waals surface area contributed by atoms with E-state index in [0.29, 0.717) is 0 Å². The first-order valence-electron chi connectivity index (χ1n) is 7.34. The first-order valence-corrected chi connectivity index (χ1v) is 22.0. The van der Waals surface area contributed by atoms with Gasteiger partial charge in [-0.2, -0.15) is 0 Å². The average Bonchev–Trinajstić information content (AvgIpc) is 2.10. The first-order chi connectivity index (χ1) is 9.38. The van der Waals surface area contributed by atoms with Crippen LogP contribution in [0.5, 0.6) is 0 Å². The molecule has 6 radical (unpaired) electrons. The topological polar surface area (TPSA) is 42.3 Å². The monoisotopic (exact) mass is 435 g/mol. The van der Waals surface area contributed by atoms with Gasteiger partial charge in [0.25, 0.3) is 0 Å². The Morgan fingerprint density at radius 1 is 0.318 bits per heavy atom. The van der Waals surface area contributed by atoms with Crippen molar-refractivity contribution in [3.05, 3.63) is 13.9 Å². The van der Waals surface area contributed by atoms with Crippen LogP contribution in [-0.2, 0) is 25.8 Å².